The van der Waals surface area contributed by atoms with Crippen LogP contribution in [0, 0.1) is 5.92 Å². The molecule has 116 valence electrons. The van der Waals surface area contributed by atoms with Gasteiger partial charge in [0.1, 0.15) is 9.77 Å². The molecule has 21 heavy (non-hydrogen) atoms. The molecule has 0 spiro atoms. The molecule has 0 saturated carbocycles. The summed E-state index contributed by atoms with van der Waals surface area (Å²) in [4.78, 5) is 23.0. The molecule has 1 atom stereocenters. The zero-order valence-electron chi connectivity index (χ0n) is 11.6. The van der Waals surface area contributed by atoms with Crippen molar-refractivity contribution in [2.75, 3.05) is 27.3 Å². The van der Waals surface area contributed by atoms with E-state index in [0.29, 0.717) is 6.42 Å². The molecule has 1 aliphatic heterocycles. The zero-order chi connectivity index (χ0) is 15.6. The number of ether oxygens (including phenoxy) is 2. The summed E-state index contributed by atoms with van der Waals surface area (Å²) < 4.78 is 35.5. The SMILES string of the molecule is COC(=O)c1sccc1S(=O)(=O)N1CCC(C(=O)OC)C1. The summed E-state index contributed by atoms with van der Waals surface area (Å²) >= 11 is 1.01. The third-order valence-electron chi connectivity index (χ3n) is 3.30. The van der Waals surface area contributed by atoms with Crippen LogP contribution in [0.5, 0.6) is 0 Å². The molecule has 0 N–H and O–H groups in total. The highest BCUT2D eigenvalue weighted by Gasteiger charge is 2.38. The van der Waals surface area contributed by atoms with E-state index in [0.717, 1.165) is 11.3 Å². The van der Waals surface area contributed by atoms with Crippen molar-refractivity contribution < 1.29 is 27.5 Å². The second-order valence-corrected chi connectivity index (χ2v) is 7.30. The van der Waals surface area contributed by atoms with Crippen molar-refractivity contribution in [1.29, 1.82) is 0 Å². The Morgan fingerprint density at radius 2 is 2.05 bits per heavy atom. The van der Waals surface area contributed by atoms with Crippen LogP contribution in [0.25, 0.3) is 0 Å². The number of methoxy groups -OCH3 is 2. The molecule has 1 saturated heterocycles. The molecule has 0 bridgehead atoms. The van der Waals surface area contributed by atoms with E-state index in [1.165, 1.54) is 30.0 Å². The van der Waals surface area contributed by atoms with Crippen molar-refractivity contribution >= 4 is 33.3 Å². The summed E-state index contributed by atoms with van der Waals surface area (Å²) in [6.45, 7) is 0.282. The van der Waals surface area contributed by atoms with Crippen molar-refractivity contribution in [2.24, 2.45) is 5.92 Å². The number of thiophene rings is 1. The van der Waals surface area contributed by atoms with Gasteiger partial charge in [-0.05, 0) is 17.9 Å². The maximum atomic E-state index is 12.6. The van der Waals surface area contributed by atoms with Crippen LogP contribution in [-0.4, -0.2) is 52.0 Å². The predicted molar refractivity (Wildman–Crippen MR) is 74.5 cm³/mol. The van der Waals surface area contributed by atoms with Gasteiger partial charge >= 0.3 is 11.9 Å². The lowest BCUT2D eigenvalue weighted by molar-refractivity contribution is -0.144. The van der Waals surface area contributed by atoms with Crippen molar-refractivity contribution in [3.8, 4) is 0 Å². The van der Waals surface area contributed by atoms with Gasteiger partial charge in [0.25, 0.3) is 0 Å². The number of nitrogens with zero attached hydrogens (tertiary/aromatic N) is 1. The van der Waals surface area contributed by atoms with Gasteiger partial charge in [-0.25, -0.2) is 13.2 Å². The van der Waals surface area contributed by atoms with Crippen LogP contribution < -0.4 is 0 Å². The Hall–Kier alpha value is -1.45. The molecule has 7 nitrogen and oxygen atoms in total. The monoisotopic (exact) mass is 333 g/mol. The molecule has 9 heteroatoms. The van der Waals surface area contributed by atoms with E-state index in [1.807, 2.05) is 0 Å². The third kappa shape index (κ3) is 2.94. The highest BCUT2D eigenvalue weighted by molar-refractivity contribution is 7.89. The van der Waals surface area contributed by atoms with E-state index in [4.69, 9.17) is 0 Å². The van der Waals surface area contributed by atoms with E-state index in [1.54, 1.807) is 0 Å². The second kappa shape index (κ2) is 6.12. The summed E-state index contributed by atoms with van der Waals surface area (Å²) in [5.41, 5.74) is 0. The molecule has 0 aliphatic carbocycles. The Labute approximate surface area is 126 Å². The molecule has 1 aliphatic rings. The Morgan fingerprint density at radius 3 is 2.67 bits per heavy atom. The lowest BCUT2D eigenvalue weighted by atomic mass is 10.1. The van der Waals surface area contributed by atoms with E-state index in [2.05, 4.69) is 9.47 Å². The van der Waals surface area contributed by atoms with E-state index in [-0.39, 0.29) is 22.9 Å². The van der Waals surface area contributed by atoms with Crippen LogP contribution in [-0.2, 0) is 24.3 Å². The number of sulfonamides is 1. The molecule has 2 rings (SSSR count). The van der Waals surface area contributed by atoms with Gasteiger partial charge in [-0.2, -0.15) is 4.31 Å². The number of carbonyl (C=O) groups excluding carboxylic acids is 2. The average molecular weight is 333 g/mol. The van der Waals surface area contributed by atoms with Crippen molar-refractivity contribution in [1.82, 2.24) is 4.31 Å². The molecule has 0 amide bonds. The van der Waals surface area contributed by atoms with Crippen LogP contribution in [0.15, 0.2) is 16.3 Å². The van der Waals surface area contributed by atoms with E-state index in [9.17, 15) is 18.0 Å². The quantitative estimate of drug-likeness (QED) is 0.754. The van der Waals surface area contributed by atoms with Crippen LogP contribution >= 0.6 is 11.3 Å². The highest BCUT2D eigenvalue weighted by atomic mass is 32.2. The first-order valence-corrected chi connectivity index (χ1v) is 8.47. The van der Waals surface area contributed by atoms with E-state index < -0.39 is 27.9 Å². The minimum absolute atomic E-state index is 0.0408. The van der Waals surface area contributed by atoms with Crippen LogP contribution in [0.3, 0.4) is 0 Å². The first-order valence-electron chi connectivity index (χ1n) is 6.15. The first kappa shape index (κ1) is 15.9. The molecule has 1 unspecified atom stereocenters. The topological polar surface area (TPSA) is 90.0 Å². The largest absolute Gasteiger partial charge is 0.469 e. The number of hydrogen-bond acceptors (Lipinski definition) is 7. The lowest BCUT2D eigenvalue weighted by Crippen LogP contribution is -2.31. The Morgan fingerprint density at radius 1 is 1.33 bits per heavy atom. The van der Waals surface area contributed by atoms with Crippen molar-refractivity contribution in [3.63, 3.8) is 0 Å². The number of esters is 2. The summed E-state index contributed by atoms with van der Waals surface area (Å²) in [7, 11) is -1.35. The molecular weight excluding hydrogens is 318 g/mol. The highest BCUT2D eigenvalue weighted by Crippen LogP contribution is 2.29. The standard InChI is InChI=1S/C12H15NO6S2/c1-18-11(14)8-3-5-13(7-8)21(16,17)9-4-6-20-10(9)12(15)19-2/h4,6,8H,3,5,7H2,1-2H3. The predicted octanol–water partition coefficient (Wildman–Crippen LogP) is 0.718. The van der Waals surface area contributed by atoms with Gasteiger partial charge in [-0.1, -0.05) is 0 Å². The Kier molecular flexibility index (Phi) is 4.64. The number of rotatable bonds is 4. The fraction of sp³-hybridized carbons (Fsp3) is 0.500. The molecule has 1 aromatic rings. The smallest absolute Gasteiger partial charge is 0.349 e. The van der Waals surface area contributed by atoms with Gasteiger partial charge in [0.05, 0.1) is 20.1 Å². The zero-order valence-corrected chi connectivity index (χ0v) is 13.2. The second-order valence-electron chi connectivity index (χ2n) is 4.48. The fourth-order valence-corrected chi connectivity index (χ4v) is 4.99. The van der Waals surface area contributed by atoms with Gasteiger partial charge in [0.15, 0.2) is 0 Å². The molecule has 0 radical (unpaired) electrons. The van der Waals surface area contributed by atoms with Crippen LogP contribution in [0.1, 0.15) is 16.1 Å². The molecule has 2 heterocycles. The minimum atomic E-state index is -3.82. The summed E-state index contributed by atoms with van der Waals surface area (Å²) in [6, 6.07) is 1.37. The molecular formula is C12H15NO6S2. The van der Waals surface area contributed by atoms with Gasteiger partial charge in [0, 0.05) is 13.1 Å². The third-order valence-corrected chi connectivity index (χ3v) is 6.23. The summed E-state index contributed by atoms with van der Waals surface area (Å²) in [6.07, 6.45) is 0.406. The summed E-state index contributed by atoms with van der Waals surface area (Å²) in [5.74, 6) is -1.58. The lowest BCUT2D eigenvalue weighted by Gasteiger charge is -2.16. The van der Waals surface area contributed by atoms with Gasteiger partial charge < -0.3 is 9.47 Å². The maximum absolute atomic E-state index is 12.6. The Balaban J connectivity index is 2.26. The van der Waals surface area contributed by atoms with Gasteiger partial charge in [-0.3, -0.25) is 4.79 Å². The first-order chi connectivity index (χ1) is 9.91. The number of carbonyl (C=O) groups is 2. The van der Waals surface area contributed by atoms with Crippen LogP contribution in [0.4, 0.5) is 0 Å². The van der Waals surface area contributed by atoms with Crippen LogP contribution in [0.2, 0.25) is 0 Å². The fourth-order valence-electron chi connectivity index (χ4n) is 2.19. The van der Waals surface area contributed by atoms with Crippen molar-refractivity contribution in [2.45, 2.75) is 11.3 Å². The number of hydrogen-bond donors (Lipinski definition) is 0. The van der Waals surface area contributed by atoms with Gasteiger partial charge in [0.2, 0.25) is 10.0 Å². The molecule has 0 aromatic carbocycles. The Bertz CT molecular complexity index is 650. The molecule has 1 fully saturated rings. The normalized spacial score (nSPS) is 19.4. The van der Waals surface area contributed by atoms with Gasteiger partial charge in [-0.15, -0.1) is 11.3 Å². The minimum Gasteiger partial charge on any atom is -0.469 e. The maximum Gasteiger partial charge on any atom is 0.349 e. The summed E-state index contributed by atoms with van der Waals surface area (Å²) in [5, 5.41) is 1.52. The average Bonchev–Trinajstić information content (AvgIpc) is 3.14. The van der Waals surface area contributed by atoms with E-state index >= 15 is 0 Å². The molecule has 1 aromatic heterocycles. The van der Waals surface area contributed by atoms with Crippen molar-refractivity contribution in [3.05, 3.63) is 16.3 Å².